The highest BCUT2D eigenvalue weighted by atomic mass is 79.9. The summed E-state index contributed by atoms with van der Waals surface area (Å²) in [6.45, 7) is 0. The minimum Gasteiger partial charge on any atom is -0.496 e. The van der Waals surface area contributed by atoms with Gasteiger partial charge in [0.2, 0.25) is 0 Å². The number of fused-ring (bicyclic) bond motifs is 1. The summed E-state index contributed by atoms with van der Waals surface area (Å²) in [6.07, 6.45) is 0. The fraction of sp³-hybridized carbons (Fsp3) is 0.111. The first-order valence-corrected chi connectivity index (χ1v) is 7.89. The molecule has 0 bridgehead atoms. The minimum atomic E-state index is -0.196. The van der Waals surface area contributed by atoms with Gasteiger partial charge in [0.1, 0.15) is 5.75 Å². The second-order valence-electron chi connectivity index (χ2n) is 4.82. The van der Waals surface area contributed by atoms with Crippen LogP contribution in [0.25, 0.3) is 10.8 Å². The Kier molecular flexibility index (Phi) is 4.18. The molecule has 3 aromatic carbocycles. The number of hydrogen-bond donors (Lipinski definition) is 0. The highest BCUT2D eigenvalue weighted by Gasteiger charge is 2.15. The molecule has 0 aromatic heterocycles. The lowest BCUT2D eigenvalue weighted by Crippen LogP contribution is -1.96. The second kappa shape index (κ2) is 6.08. The van der Waals surface area contributed by atoms with Gasteiger partial charge in [0, 0.05) is 9.86 Å². The Morgan fingerprint density at radius 2 is 1.71 bits per heavy atom. The van der Waals surface area contributed by atoms with Gasteiger partial charge in [-0.25, -0.2) is 0 Å². The Labute approximate surface area is 137 Å². The third-order valence-electron chi connectivity index (χ3n) is 3.55. The molecule has 0 aliphatic heterocycles. The van der Waals surface area contributed by atoms with Crippen molar-refractivity contribution in [3.05, 3.63) is 76.3 Å². The normalized spacial score (nSPS) is 12.3. The molecule has 0 fully saturated rings. The van der Waals surface area contributed by atoms with Gasteiger partial charge >= 0.3 is 0 Å². The largest absolute Gasteiger partial charge is 0.496 e. The Morgan fingerprint density at radius 3 is 2.43 bits per heavy atom. The van der Waals surface area contributed by atoms with Gasteiger partial charge in [-0.2, -0.15) is 0 Å². The number of alkyl halides is 1. The minimum absolute atomic E-state index is 0.196. The Morgan fingerprint density at radius 1 is 0.952 bits per heavy atom. The van der Waals surface area contributed by atoms with Crippen LogP contribution in [0.15, 0.2) is 65.1 Å². The quantitative estimate of drug-likeness (QED) is 0.525. The van der Waals surface area contributed by atoms with Gasteiger partial charge in [0.15, 0.2) is 0 Å². The van der Waals surface area contributed by atoms with E-state index in [-0.39, 0.29) is 5.38 Å². The third kappa shape index (κ3) is 2.78. The highest BCUT2D eigenvalue weighted by Crippen LogP contribution is 2.37. The molecule has 0 N–H and O–H groups in total. The summed E-state index contributed by atoms with van der Waals surface area (Å²) in [4.78, 5) is 0. The van der Waals surface area contributed by atoms with Crippen LogP contribution in [-0.2, 0) is 0 Å². The molecular formula is C18H14BrClO. The van der Waals surface area contributed by atoms with E-state index in [0.29, 0.717) is 0 Å². The van der Waals surface area contributed by atoms with Gasteiger partial charge < -0.3 is 4.74 Å². The van der Waals surface area contributed by atoms with E-state index < -0.39 is 0 Å². The average Bonchev–Trinajstić information content (AvgIpc) is 2.53. The predicted octanol–water partition coefficient (Wildman–Crippen LogP) is 5.94. The second-order valence-corrected chi connectivity index (χ2v) is 6.17. The Hall–Kier alpha value is -1.51. The van der Waals surface area contributed by atoms with Crippen LogP contribution in [0.1, 0.15) is 16.5 Å². The first kappa shape index (κ1) is 14.4. The van der Waals surface area contributed by atoms with Gasteiger partial charge in [-0.15, -0.1) is 11.6 Å². The van der Waals surface area contributed by atoms with Gasteiger partial charge in [0.25, 0.3) is 0 Å². The van der Waals surface area contributed by atoms with Crippen molar-refractivity contribution >= 4 is 38.3 Å². The molecule has 0 amide bonds. The average molecular weight is 362 g/mol. The molecule has 1 nitrogen and oxygen atoms in total. The maximum Gasteiger partial charge on any atom is 0.126 e. The molecule has 3 heteroatoms. The molecule has 1 unspecified atom stereocenters. The molecule has 0 heterocycles. The van der Waals surface area contributed by atoms with Crippen molar-refractivity contribution in [2.24, 2.45) is 0 Å². The van der Waals surface area contributed by atoms with Crippen LogP contribution in [0, 0.1) is 0 Å². The molecule has 1 atom stereocenters. The maximum atomic E-state index is 6.72. The van der Waals surface area contributed by atoms with Crippen LogP contribution in [-0.4, -0.2) is 7.11 Å². The summed E-state index contributed by atoms with van der Waals surface area (Å²) < 4.78 is 6.47. The number of rotatable bonds is 3. The van der Waals surface area contributed by atoms with Crippen LogP contribution in [0.3, 0.4) is 0 Å². The molecule has 21 heavy (non-hydrogen) atoms. The van der Waals surface area contributed by atoms with Crippen molar-refractivity contribution in [2.75, 3.05) is 7.11 Å². The smallest absolute Gasteiger partial charge is 0.126 e. The van der Waals surface area contributed by atoms with Crippen molar-refractivity contribution in [3.63, 3.8) is 0 Å². The highest BCUT2D eigenvalue weighted by molar-refractivity contribution is 9.10. The molecule has 0 saturated carbocycles. The van der Waals surface area contributed by atoms with Crippen molar-refractivity contribution in [1.29, 1.82) is 0 Å². The molecular weight excluding hydrogens is 348 g/mol. The van der Waals surface area contributed by atoms with Crippen LogP contribution >= 0.6 is 27.5 Å². The van der Waals surface area contributed by atoms with E-state index >= 15 is 0 Å². The van der Waals surface area contributed by atoms with E-state index in [2.05, 4.69) is 34.1 Å². The molecule has 106 valence electrons. The molecule has 0 radical (unpaired) electrons. The molecule has 0 aliphatic carbocycles. The van der Waals surface area contributed by atoms with Crippen molar-refractivity contribution in [2.45, 2.75) is 5.38 Å². The monoisotopic (exact) mass is 360 g/mol. The SMILES string of the molecule is COc1ccc(C(Cl)c2cccc(Br)c2)c2ccccc12. The van der Waals surface area contributed by atoms with E-state index in [0.717, 1.165) is 32.1 Å². The zero-order valence-electron chi connectivity index (χ0n) is 11.5. The number of ether oxygens (including phenoxy) is 1. The maximum absolute atomic E-state index is 6.72. The lowest BCUT2D eigenvalue weighted by Gasteiger charge is -2.15. The summed E-state index contributed by atoms with van der Waals surface area (Å²) in [7, 11) is 1.69. The summed E-state index contributed by atoms with van der Waals surface area (Å²) >= 11 is 10.2. The number of methoxy groups -OCH3 is 1. The topological polar surface area (TPSA) is 9.23 Å². The van der Waals surface area contributed by atoms with E-state index in [9.17, 15) is 0 Å². The lowest BCUT2D eigenvalue weighted by molar-refractivity contribution is 0.419. The first-order chi connectivity index (χ1) is 10.2. The lowest BCUT2D eigenvalue weighted by atomic mass is 9.97. The van der Waals surface area contributed by atoms with Crippen LogP contribution in [0.2, 0.25) is 0 Å². The van der Waals surface area contributed by atoms with Crippen LogP contribution in [0.5, 0.6) is 5.75 Å². The summed E-state index contributed by atoms with van der Waals surface area (Å²) in [6, 6.07) is 20.3. The zero-order chi connectivity index (χ0) is 14.8. The molecule has 0 aliphatic rings. The molecule has 0 spiro atoms. The summed E-state index contributed by atoms with van der Waals surface area (Å²) in [5.74, 6) is 0.868. The van der Waals surface area contributed by atoms with E-state index in [1.165, 1.54) is 0 Å². The van der Waals surface area contributed by atoms with Crippen LogP contribution in [0.4, 0.5) is 0 Å². The molecule has 0 saturated heterocycles. The van der Waals surface area contributed by atoms with Gasteiger partial charge in [0.05, 0.1) is 12.5 Å². The predicted molar refractivity (Wildman–Crippen MR) is 92.3 cm³/mol. The van der Waals surface area contributed by atoms with Crippen molar-refractivity contribution in [1.82, 2.24) is 0 Å². The summed E-state index contributed by atoms with van der Waals surface area (Å²) in [5, 5.41) is 2.01. The summed E-state index contributed by atoms with van der Waals surface area (Å²) in [5.41, 5.74) is 2.16. The third-order valence-corrected chi connectivity index (χ3v) is 4.53. The number of halogens is 2. The fourth-order valence-electron chi connectivity index (χ4n) is 2.54. The zero-order valence-corrected chi connectivity index (χ0v) is 13.9. The first-order valence-electron chi connectivity index (χ1n) is 6.66. The fourth-order valence-corrected chi connectivity index (χ4v) is 3.28. The Bertz CT molecular complexity index is 785. The molecule has 3 aromatic rings. The van der Waals surface area contributed by atoms with E-state index in [1.54, 1.807) is 7.11 Å². The Balaban J connectivity index is 2.17. The van der Waals surface area contributed by atoms with Gasteiger partial charge in [-0.3, -0.25) is 0 Å². The van der Waals surface area contributed by atoms with Crippen LogP contribution < -0.4 is 4.74 Å². The van der Waals surface area contributed by atoms with Crippen molar-refractivity contribution in [3.8, 4) is 5.75 Å². The van der Waals surface area contributed by atoms with Crippen molar-refractivity contribution < 1.29 is 4.74 Å². The van der Waals surface area contributed by atoms with E-state index in [1.807, 2.05) is 42.5 Å². The van der Waals surface area contributed by atoms with Gasteiger partial charge in [-0.1, -0.05) is 58.4 Å². The molecule has 3 rings (SSSR count). The standard InChI is InChI=1S/C18H14BrClO/c1-21-17-10-9-16(14-7-2-3-8-15(14)17)18(20)12-5-4-6-13(19)11-12/h2-11,18H,1H3. The van der Waals surface area contributed by atoms with Gasteiger partial charge in [-0.05, 0) is 34.7 Å². The van der Waals surface area contributed by atoms with E-state index in [4.69, 9.17) is 16.3 Å². The number of hydrogen-bond acceptors (Lipinski definition) is 1. The number of benzene rings is 3.